The summed E-state index contributed by atoms with van der Waals surface area (Å²) in [5.74, 6) is 0.0933. The first-order valence-electron chi connectivity index (χ1n) is 8.05. The van der Waals surface area contributed by atoms with Crippen LogP contribution in [0.15, 0.2) is 77.2 Å². The normalized spacial score (nSPS) is 10.8. The van der Waals surface area contributed by atoms with E-state index in [1.807, 2.05) is 36.4 Å². The van der Waals surface area contributed by atoms with Crippen LogP contribution in [-0.2, 0) is 11.3 Å². The van der Waals surface area contributed by atoms with Gasteiger partial charge in [-0.15, -0.1) is 0 Å². The van der Waals surface area contributed by atoms with Crippen molar-refractivity contribution in [2.24, 2.45) is 0 Å². The summed E-state index contributed by atoms with van der Waals surface area (Å²) in [7, 11) is 0. The molecule has 3 rings (SSSR count). The molecule has 5 nitrogen and oxygen atoms in total. The lowest BCUT2D eigenvalue weighted by Crippen LogP contribution is -2.20. The molecule has 0 atom stereocenters. The summed E-state index contributed by atoms with van der Waals surface area (Å²) < 4.78 is 5.70. The number of rotatable bonds is 6. The van der Waals surface area contributed by atoms with Crippen molar-refractivity contribution in [2.45, 2.75) is 6.54 Å². The van der Waals surface area contributed by atoms with E-state index in [4.69, 9.17) is 9.52 Å². The summed E-state index contributed by atoms with van der Waals surface area (Å²) in [5.41, 5.74) is 2.01. The van der Waals surface area contributed by atoms with Gasteiger partial charge in [0.25, 0.3) is 0 Å². The molecule has 0 fully saturated rings. The first-order valence-corrected chi connectivity index (χ1v) is 8.05. The van der Waals surface area contributed by atoms with E-state index in [0.717, 1.165) is 16.9 Å². The van der Waals surface area contributed by atoms with Gasteiger partial charge in [-0.2, -0.15) is 0 Å². The van der Waals surface area contributed by atoms with E-state index in [2.05, 4.69) is 5.32 Å². The number of furan rings is 1. The van der Waals surface area contributed by atoms with Gasteiger partial charge in [0.15, 0.2) is 0 Å². The summed E-state index contributed by atoms with van der Waals surface area (Å²) in [6, 6.07) is 19.7. The highest BCUT2D eigenvalue weighted by molar-refractivity contribution is 5.91. The third kappa shape index (κ3) is 4.48. The molecule has 130 valence electrons. The second kappa shape index (κ2) is 7.98. The van der Waals surface area contributed by atoms with E-state index in [0.29, 0.717) is 12.3 Å². The fourth-order valence-electron chi connectivity index (χ4n) is 2.37. The van der Waals surface area contributed by atoms with Gasteiger partial charge < -0.3 is 14.8 Å². The molecule has 0 saturated carbocycles. The first-order chi connectivity index (χ1) is 12.6. The SMILES string of the molecule is O=C(/C=C/c1ccc(-c2ccccc2)o1)NCc1ccc(C(=O)O)cc1. The molecule has 0 spiro atoms. The first kappa shape index (κ1) is 17.2. The Balaban J connectivity index is 1.55. The monoisotopic (exact) mass is 347 g/mol. The lowest BCUT2D eigenvalue weighted by atomic mass is 10.1. The Morgan fingerprint density at radius 3 is 2.38 bits per heavy atom. The Morgan fingerprint density at radius 1 is 0.962 bits per heavy atom. The van der Waals surface area contributed by atoms with Crippen LogP contribution in [0.4, 0.5) is 0 Å². The predicted octanol–water partition coefficient (Wildman–Crippen LogP) is 3.97. The molecule has 0 aliphatic rings. The van der Waals surface area contributed by atoms with Crippen molar-refractivity contribution >= 4 is 18.0 Å². The van der Waals surface area contributed by atoms with Gasteiger partial charge >= 0.3 is 5.97 Å². The molecule has 1 heterocycles. The molecule has 2 N–H and O–H groups in total. The minimum Gasteiger partial charge on any atom is -0.478 e. The van der Waals surface area contributed by atoms with E-state index in [9.17, 15) is 9.59 Å². The Morgan fingerprint density at radius 2 is 1.69 bits per heavy atom. The van der Waals surface area contributed by atoms with Crippen molar-refractivity contribution in [3.05, 3.63) is 89.7 Å². The molecule has 1 amide bonds. The number of aromatic carboxylic acids is 1. The third-order valence-electron chi connectivity index (χ3n) is 3.75. The van der Waals surface area contributed by atoms with Crippen LogP contribution in [0.5, 0.6) is 0 Å². The van der Waals surface area contributed by atoms with Crippen LogP contribution in [0.2, 0.25) is 0 Å². The molecular weight excluding hydrogens is 330 g/mol. The maximum absolute atomic E-state index is 11.9. The lowest BCUT2D eigenvalue weighted by Gasteiger charge is -2.03. The number of carboxylic acids is 1. The number of hydrogen-bond acceptors (Lipinski definition) is 3. The second-order valence-electron chi connectivity index (χ2n) is 5.62. The molecule has 0 saturated heterocycles. The second-order valence-corrected chi connectivity index (χ2v) is 5.62. The Kier molecular flexibility index (Phi) is 5.29. The maximum Gasteiger partial charge on any atom is 0.335 e. The molecule has 0 unspecified atom stereocenters. The Bertz CT molecular complexity index is 924. The fourth-order valence-corrected chi connectivity index (χ4v) is 2.37. The fraction of sp³-hybridized carbons (Fsp3) is 0.0476. The zero-order valence-corrected chi connectivity index (χ0v) is 13.9. The molecular formula is C21H17NO4. The van der Waals surface area contributed by atoms with Gasteiger partial charge in [0.05, 0.1) is 5.56 Å². The van der Waals surface area contributed by atoms with E-state index in [-0.39, 0.29) is 11.5 Å². The largest absolute Gasteiger partial charge is 0.478 e. The topological polar surface area (TPSA) is 79.5 Å². The van der Waals surface area contributed by atoms with E-state index in [1.54, 1.807) is 24.3 Å². The number of nitrogens with one attached hydrogen (secondary N) is 1. The number of carbonyl (C=O) groups is 2. The average Bonchev–Trinajstić information content (AvgIpc) is 3.15. The van der Waals surface area contributed by atoms with Crippen LogP contribution in [0.25, 0.3) is 17.4 Å². The zero-order chi connectivity index (χ0) is 18.4. The molecule has 0 aliphatic heterocycles. The highest BCUT2D eigenvalue weighted by atomic mass is 16.4. The van der Waals surface area contributed by atoms with Crippen LogP contribution in [-0.4, -0.2) is 17.0 Å². The average molecular weight is 347 g/mol. The Labute approximate surface area is 150 Å². The van der Waals surface area contributed by atoms with Gasteiger partial charge in [0, 0.05) is 18.2 Å². The van der Waals surface area contributed by atoms with Gasteiger partial charge in [-0.1, -0.05) is 42.5 Å². The summed E-state index contributed by atoms with van der Waals surface area (Å²) in [6.07, 6.45) is 3.01. The minimum absolute atomic E-state index is 0.215. The third-order valence-corrected chi connectivity index (χ3v) is 3.75. The molecule has 3 aromatic rings. The van der Waals surface area contributed by atoms with Crippen LogP contribution < -0.4 is 5.32 Å². The molecule has 2 aromatic carbocycles. The molecule has 26 heavy (non-hydrogen) atoms. The number of hydrogen-bond donors (Lipinski definition) is 2. The predicted molar refractivity (Wildman–Crippen MR) is 98.4 cm³/mol. The lowest BCUT2D eigenvalue weighted by molar-refractivity contribution is -0.116. The van der Waals surface area contributed by atoms with Crippen LogP contribution in [0.3, 0.4) is 0 Å². The van der Waals surface area contributed by atoms with Crippen molar-refractivity contribution in [2.75, 3.05) is 0 Å². The van der Waals surface area contributed by atoms with Crippen molar-refractivity contribution in [3.63, 3.8) is 0 Å². The summed E-state index contributed by atoms with van der Waals surface area (Å²) in [6.45, 7) is 0.316. The smallest absolute Gasteiger partial charge is 0.335 e. The summed E-state index contributed by atoms with van der Waals surface area (Å²) in [4.78, 5) is 22.7. The Hall–Kier alpha value is -3.60. The summed E-state index contributed by atoms with van der Waals surface area (Å²) >= 11 is 0. The van der Waals surface area contributed by atoms with Crippen molar-refractivity contribution in [1.29, 1.82) is 0 Å². The van der Waals surface area contributed by atoms with Gasteiger partial charge in [-0.05, 0) is 35.9 Å². The molecule has 5 heteroatoms. The molecule has 1 aromatic heterocycles. The summed E-state index contributed by atoms with van der Waals surface area (Å²) in [5, 5.41) is 11.6. The van der Waals surface area contributed by atoms with E-state index >= 15 is 0 Å². The quantitative estimate of drug-likeness (QED) is 0.661. The molecule has 0 aliphatic carbocycles. The van der Waals surface area contributed by atoms with E-state index in [1.165, 1.54) is 18.2 Å². The highest BCUT2D eigenvalue weighted by Crippen LogP contribution is 2.22. The minimum atomic E-state index is -0.975. The van der Waals surface area contributed by atoms with Crippen molar-refractivity contribution in [1.82, 2.24) is 5.32 Å². The number of amides is 1. The number of carboxylic acid groups (broad SMARTS) is 1. The zero-order valence-electron chi connectivity index (χ0n) is 13.9. The van der Waals surface area contributed by atoms with Crippen LogP contribution in [0.1, 0.15) is 21.7 Å². The van der Waals surface area contributed by atoms with Gasteiger partial charge in [0.2, 0.25) is 5.91 Å². The maximum atomic E-state index is 11.9. The molecule has 0 radical (unpaired) electrons. The highest BCUT2D eigenvalue weighted by Gasteiger charge is 2.04. The van der Waals surface area contributed by atoms with Crippen molar-refractivity contribution in [3.8, 4) is 11.3 Å². The standard InChI is InChI=1S/C21H17NO4/c23-20(22-14-15-6-8-17(9-7-15)21(24)25)13-11-18-10-12-19(26-18)16-4-2-1-3-5-16/h1-13H,14H2,(H,22,23)(H,24,25)/b13-11+. The van der Waals surface area contributed by atoms with Gasteiger partial charge in [-0.3, -0.25) is 4.79 Å². The van der Waals surface area contributed by atoms with Gasteiger partial charge in [0.1, 0.15) is 11.5 Å². The van der Waals surface area contributed by atoms with Crippen LogP contribution in [0, 0.1) is 0 Å². The molecule has 0 bridgehead atoms. The van der Waals surface area contributed by atoms with Gasteiger partial charge in [-0.25, -0.2) is 4.79 Å². The van der Waals surface area contributed by atoms with E-state index < -0.39 is 5.97 Å². The van der Waals surface area contributed by atoms with Crippen molar-refractivity contribution < 1.29 is 19.1 Å². The number of carbonyl (C=O) groups excluding carboxylic acids is 1. The van der Waals surface area contributed by atoms with Crippen LogP contribution >= 0.6 is 0 Å². The number of benzene rings is 2.